The minimum atomic E-state index is -0.722. The van der Waals surface area contributed by atoms with E-state index in [1.54, 1.807) is 24.9 Å². The number of hydrogen-bond donors (Lipinski definition) is 1. The van der Waals surface area contributed by atoms with Crippen molar-refractivity contribution in [3.05, 3.63) is 12.4 Å². The summed E-state index contributed by atoms with van der Waals surface area (Å²) in [7, 11) is 0. The summed E-state index contributed by atoms with van der Waals surface area (Å²) in [6, 6.07) is 2.09. The van der Waals surface area contributed by atoms with E-state index < -0.39 is 5.41 Å². The second-order valence-corrected chi connectivity index (χ2v) is 7.20. The van der Waals surface area contributed by atoms with Gasteiger partial charge in [0.15, 0.2) is 0 Å². The molecule has 1 aliphatic heterocycles. The first-order valence-electron chi connectivity index (χ1n) is 8.35. The van der Waals surface area contributed by atoms with Crippen molar-refractivity contribution < 1.29 is 14.3 Å². The van der Waals surface area contributed by atoms with Crippen molar-refractivity contribution in [3.8, 4) is 6.07 Å². The van der Waals surface area contributed by atoms with Gasteiger partial charge in [0.05, 0.1) is 35.6 Å². The van der Waals surface area contributed by atoms with Crippen LogP contribution in [0.5, 0.6) is 0 Å². The van der Waals surface area contributed by atoms with E-state index in [-0.39, 0.29) is 37.0 Å². The van der Waals surface area contributed by atoms with Gasteiger partial charge >= 0.3 is 0 Å². The van der Waals surface area contributed by atoms with Crippen LogP contribution in [-0.2, 0) is 20.9 Å². The number of amides is 2. The Morgan fingerprint density at radius 2 is 2.04 bits per heavy atom. The van der Waals surface area contributed by atoms with E-state index in [9.17, 15) is 9.59 Å². The Morgan fingerprint density at radius 3 is 2.64 bits per heavy atom. The maximum absolute atomic E-state index is 12.4. The molecule has 2 unspecified atom stereocenters. The highest BCUT2D eigenvalue weighted by Gasteiger charge is 2.26. The molecule has 0 aliphatic carbocycles. The lowest BCUT2D eigenvalue weighted by Crippen LogP contribution is -2.49. The molecular formula is C17H25N5O3. The Hall–Kier alpha value is -2.40. The zero-order valence-corrected chi connectivity index (χ0v) is 15.2. The largest absolute Gasteiger partial charge is 0.372 e. The van der Waals surface area contributed by atoms with Gasteiger partial charge in [-0.25, -0.2) is 0 Å². The molecule has 0 bridgehead atoms. The summed E-state index contributed by atoms with van der Waals surface area (Å²) >= 11 is 0. The molecule has 1 N–H and O–H groups in total. The summed E-state index contributed by atoms with van der Waals surface area (Å²) in [4.78, 5) is 26.1. The molecule has 1 aliphatic rings. The first-order valence-corrected chi connectivity index (χ1v) is 8.35. The quantitative estimate of drug-likeness (QED) is 0.868. The molecule has 1 saturated heterocycles. The van der Waals surface area contributed by atoms with Crippen molar-refractivity contribution in [2.75, 3.05) is 18.4 Å². The maximum Gasteiger partial charge on any atom is 0.244 e. The summed E-state index contributed by atoms with van der Waals surface area (Å²) in [6.07, 6.45) is 3.24. The van der Waals surface area contributed by atoms with E-state index in [1.165, 1.54) is 10.9 Å². The van der Waals surface area contributed by atoms with Gasteiger partial charge in [-0.3, -0.25) is 14.3 Å². The molecule has 0 saturated carbocycles. The normalized spacial score (nSPS) is 20.8. The van der Waals surface area contributed by atoms with E-state index in [2.05, 4.69) is 16.5 Å². The van der Waals surface area contributed by atoms with Crippen LogP contribution in [0.4, 0.5) is 5.69 Å². The number of aromatic nitrogens is 2. The molecule has 136 valence electrons. The van der Waals surface area contributed by atoms with Crippen molar-refractivity contribution in [2.45, 2.75) is 52.9 Å². The number of nitrogens with one attached hydrogen (secondary N) is 1. The fraction of sp³-hybridized carbons (Fsp3) is 0.647. The lowest BCUT2D eigenvalue weighted by atomic mass is 9.91. The second-order valence-electron chi connectivity index (χ2n) is 7.20. The van der Waals surface area contributed by atoms with Gasteiger partial charge in [-0.2, -0.15) is 10.4 Å². The third-order valence-electron chi connectivity index (χ3n) is 3.89. The standard InChI is InChI=1S/C17H25N5O3/c1-12-7-21(8-13(2)25-12)16(24)10-22-9-14(6-19-22)20-15(23)5-17(3,4)11-18/h6,9,12-13H,5,7-8,10H2,1-4H3,(H,20,23). The minimum absolute atomic E-state index is 0.0173. The van der Waals surface area contributed by atoms with Crippen LogP contribution in [0.2, 0.25) is 0 Å². The molecule has 8 nitrogen and oxygen atoms in total. The molecule has 2 atom stereocenters. The minimum Gasteiger partial charge on any atom is -0.372 e. The number of nitriles is 1. The number of ether oxygens (including phenoxy) is 1. The highest BCUT2D eigenvalue weighted by molar-refractivity contribution is 5.91. The summed E-state index contributed by atoms with van der Waals surface area (Å²) in [6.45, 7) is 8.55. The number of rotatable bonds is 5. The molecule has 2 rings (SSSR count). The number of morpholine rings is 1. The van der Waals surface area contributed by atoms with E-state index in [4.69, 9.17) is 10.00 Å². The van der Waals surface area contributed by atoms with Gasteiger partial charge in [0, 0.05) is 25.7 Å². The number of carbonyl (C=O) groups excluding carboxylic acids is 2. The molecule has 0 radical (unpaired) electrons. The smallest absolute Gasteiger partial charge is 0.244 e. The van der Waals surface area contributed by atoms with Crippen LogP contribution in [0.1, 0.15) is 34.1 Å². The van der Waals surface area contributed by atoms with Gasteiger partial charge in [-0.1, -0.05) is 0 Å². The Morgan fingerprint density at radius 1 is 1.40 bits per heavy atom. The second kappa shape index (κ2) is 7.66. The molecule has 2 heterocycles. The molecule has 1 fully saturated rings. The summed E-state index contributed by atoms with van der Waals surface area (Å²) in [5.41, 5.74) is -0.213. The van der Waals surface area contributed by atoms with Crippen LogP contribution in [-0.4, -0.2) is 51.8 Å². The molecule has 0 spiro atoms. The number of hydrogen-bond acceptors (Lipinski definition) is 5. The number of carbonyl (C=O) groups is 2. The summed E-state index contributed by atoms with van der Waals surface area (Å²) in [5.74, 6) is -0.290. The Bertz CT molecular complexity index is 666. The first kappa shape index (κ1) is 18.9. The van der Waals surface area contributed by atoms with Crippen LogP contribution < -0.4 is 5.32 Å². The van der Waals surface area contributed by atoms with E-state index in [1.807, 2.05) is 13.8 Å². The van der Waals surface area contributed by atoms with E-state index >= 15 is 0 Å². The van der Waals surface area contributed by atoms with Gasteiger partial charge in [-0.05, 0) is 27.7 Å². The Balaban J connectivity index is 1.90. The van der Waals surface area contributed by atoms with Gasteiger partial charge in [0.2, 0.25) is 11.8 Å². The van der Waals surface area contributed by atoms with Crippen molar-refractivity contribution in [3.63, 3.8) is 0 Å². The van der Waals surface area contributed by atoms with E-state index in [0.29, 0.717) is 18.8 Å². The van der Waals surface area contributed by atoms with Crippen LogP contribution in [0.3, 0.4) is 0 Å². The highest BCUT2D eigenvalue weighted by Crippen LogP contribution is 2.19. The van der Waals surface area contributed by atoms with Crippen molar-refractivity contribution in [1.29, 1.82) is 5.26 Å². The van der Waals surface area contributed by atoms with Crippen LogP contribution in [0.15, 0.2) is 12.4 Å². The van der Waals surface area contributed by atoms with Gasteiger partial charge < -0.3 is 15.0 Å². The predicted octanol–water partition coefficient (Wildman–Crippen LogP) is 1.40. The third kappa shape index (κ3) is 5.57. The zero-order valence-electron chi connectivity index (χ0n) is 15.2. The fourth-order valence-corrected chi connectivity index (χ4v) is 2.78. The fourth-order valence-electron chi connectivity index (χ4n) is 2.78. The van der Waals surface area contributed by atoms with Crippen LogP contribution in [0.25, 0.3) is 0 Å². The van der Waals surface area contributed by atoms with Gasteiger partial charge in [0.1, 0.15) is 6.54 Å². The summed E-state index contributed by atoms with van der Waals surface area (Å²) in [5, 5.41) is 15.8. The number of anilines is 1. The average Bonchev–Trinajstić information content (AvgIpc) is 2.92. The van der Waals surface area contributed by atoms with Gasteiger partial charge in [0.25, 0.3) is 0 Å². The molecule has 8 heteroatoms. The molecular weight excluding hydrogens is 322 g/mol. The predicted molar refractivity (Wildman–Crippen MR) is 91.5 cm³/mol. The maximum atomic E-state index is 12.4. The van der Waals surface area contributed by atoms with Crippen molar-refractivity contribution in [1.82, 2.24) is 14.7 Å². The Labute approximate surface area is 147 Å². The lowest BCUT2D eigenvalue weighted by molar-refractivity contribution is -0.144. The van der Waals surface area contributed by atoms with Crippen molar-refractivity contribution in [2.24, 2.45) is 5.41 Å². The van der Waals surface area contributed by atoms with Gasteiger partial charge in [-0.15, -0.1) is 0 Å². The van der Waals surface area contributed by atoms with Crippen LogP contribution >= 0.6 is 0 Å². The summed E-state index contributed by atoms with van der Waals surface area (Å²) < 4.78 is 7.13. The topological polar surface area (TPSA) is 100 Å². The zero-order chi connectivity index (χ0) is 18.6. The average molecular weight is 347 g/mol. The molecule has 0 aromatic carbocycles. The van der Waals surface area contributed by atoms with Crippen molar-refractivity contribution >= 4 is 17.5 Å². The molecule has 25 heavy (non-hydrogen) atoms. The van der Waals surface area contributed by atoms with Crippen LogP contribution in [0, 0.1) is 16.7 Å². The third-order valence-corrected chi connectivity index (χ3v) is 3.89. The number of nitrogens with zero attached hydrogens (tertiary/aromatic N) is 4. The first-order chi connectivity index (χ1) is 11.7. The highest BCUT2D eigenvalue weighted by atomic mass is 16.5. The monoisotopic (exact) mass is 347 g/mol. The Kier molecular flexibility index (Phi) is 5.80. The molecule has 1 aromatic heterocycles. The van der Waals surface area contributed by atoms with E-state index in [0.717, 1.165) is 0 Å². The SMILES string of the molecule is CC1CN(C(=O)Cn2cc(NC(=O)CC(C)(C)C#N)cn2)CC(C)O1. The molecule has 2 amide bonds. The molecule has 1 aromatic rings. The lowest BCUT2D eigenvalue weighted by Gasteiger charge is -2.35.